The number of benzene rings is 2. The Morgan fingerprint density at radius 3 is 2.39 bits per heavy atom. The van der Waals surface area contributed by atoms with Gasteiger partial charge in [-0.1, -0.05) is 24.3 Å². The number of aromatic hydroxyl groups is 1. The van der Waals surface area contributed by atoms with Gasteiger partial charge in [0.25, 0.3) is 0 Å². The zero-order chi connectivity index (χ0) is 13.0. The summed E-state index contributed by atoms with van der Waals surface area (Å²) in [5, 5.41) is 18.5. The van der Waals surface area contributed by atoms with E-state index in [1.807, 2.05) is 24.3 Å². The van der Waals surface area contributed by atoms with Gasteiger partial charge < -0.3 is 5.11 Å². The van der Waals surface area contributed by atoms with Gasteiger partial charge >= 0.3 is 0 Å². The summed E-state index contributed by atoms with van der Waals surface area (Å²) in [5.74, 6) is 0.285. The largest absolute Gasteiger partial charge is 0.508 e. The molecule has 0 atom stereocenters. The van der Waals surface area contributed by atoms with E-state index in [0.29, 0.717) is 12.0 Å². The fourth-order valence-corrected chi connectivity index (χ4v) is 1.82. The molecule has 0 heterocycles. The summed E-state index contributed by atoms with van der Waals surface area (Å²) in [6.45, 7) is 3.68. The highest BCUT2D eigenvalue weighted by atomic mass is 16.3. The number of nitrogens with zero attached hydrogens (tertiary/aromatic N) is 1. The lowest BCUT2D eigenvalue weighted by Gasteiger charge is -2.06. The van der Waals surface area contributed by atoms with Crippen LogP contribution in [-0.4, -0.2) is 5.11 Å². The van der Waals surface area contributed by atoms with Gasteiger partial charge in [0.2, 0.25) is 0 Å². The quantitative estimate of drug-likeness (QED) is 0.825. The molecule has 2 nitrogen and oxygen atoms in total. The van der Waals surface area contributed by atoms with Gasteiger partial charge in [0.05, 0.1) is 11.6 Å². The van der Waals surface area contributed by atoms with Gasteiger partial charge in [-0.25, -0.2) is 0 Å². The van der Waals surface area contributed by atoms with E-state index in [4.69, 9.17) is 5.26 Å². The molecule has 0 aliphatic rings. The molecule has 0 radical (unpaired) electrons. The summed E-state index contributed by atoms with van der Waals surface area (Å²) < 4.78 is 0. The molecule has 2 heteroatoms. The van der Waals surface area contributed by atoms with Crippen molar-refractivity contribution in [1.29, 1.82) is 5.26 Å². The van der Waals surface area contributed by atoms with Crippen molar-refractivity contribution in [3.05, 3.63) is 66.2 Å². The minimum atomic E-state index is 0.285. The highest BCUT2D eigenvalue weighted by Crippen LogP contribution is 2.26. The lowest BCUT2D eigenvalue weighted by atomic mass is 10.00. The number of allylic oxidation sites excluding steroid dienone is 1. The Labute approximate surface area is 106 Å². The molecule has 2 aromatic rings. The van der Waals surface area contributed by atoms with Crippen molar-refractivity contribution in [1.82, 2.24) is 0 Å². The van der Waals surface area contributed by atoms with Crippen molar-refractivity contribution < 1.29 is 5.11 Å². The van der Waals surface area contributed by atoms with Crippen LogP contribution in [0.2, 0.25) is 0 Å². The molecule has 0 aliphatic heterocycles. The van der Waals surface area contributed by atoms with Crippen LogP contribution in [0.1, 0.15) is 11.1 Å². The summed E-state index contributed by atoms with van der Waals surface area (Å²) in [4.78, 5) is 0. The van der Waals surface area contributed by atoms with Gasteiger partial charge in [-0.3, -0.25) is 0 Å². The van der Waals surface area contributed by atoms with Crippen molar-refractivity contribution in [2.45, 2.75) is 6.42 Å². The van der Waals surface area contributed by atoms with Crippen LogP contribution < -0.4 is 0 Å². The van der Waals surface area contributed by atoms with E-state index < -0.39 is 0 Å². The van der Waals surface area contributed by atoms with Crippen LogP contribution in [0.3, 0.4) is 0 Å². The maximum atomic E-state index is 9.70. The normalized spacial score (nSPS) is 9.72. The minimum Gasteiger partial charge on any atom is -0.508 e. The van der Waals surface area contributed by atoms with Crippen molar-refractivity contribution in [3.63, 3.8) is 0 Å². The molecule has 0 saturated heterocycles. The fourth-order valence-electron chi connectivity index (χ4n) is 1.82. The van der Waals surface area contributed by atoms with E-state index in [2.05, 4.69) is 12.6 Å². The Balaban J connectivity index is 2.41. The molecule has 0 aliphatic carbocycles. The lowest BCUT2D eigenvalue weighted by Crippen LogP contribution is -1.85. The van der Waals surface area contributed by atoms with Gasteiger partial charge in [0.15, 0.2) is 0 Å². The van der Waals surface area contributed by atoms with Crippen LogP contribution in [0.5, 0.6) is 5.75 Å². The third-order valence-electron chi connectivity index (χ3n) is 2.79. The first kappa shape index (κ1) is 11.9. The molecule has 2 aromatic carbocycles. The van der Waals surface area contributed by atoms with Crippen LogP contribution in [0.4, 0.5) is 0 Å². The van der Waals surface area contributed by atoms with E-state index in [0.717, 1.165) is 16.7 Å². The minimum absolute atomic E-state index is 0.285. The first-order valence-corrected chi connectivity index (χ1v) is 5.68. The second-order valence-corrected chi connectivity index (χ2v) is 4.03. The first-order chi connectivity index (χ1) is 8.74. The average Bonchev–Trinajstić information content (AvgIpc) is 2.42. The van der Waals surface area contributed by atoms with E-state index in [1.54, 1.807) is 24.3 Å². The third kappa shape index (κ3) is 2.41. The zero-order valence-electron chi connectivity index (χ0n) is 9.93. The highest BCUT2D eigenvalue weighted by molar-refractivity contribution is 5.66. The van der Waals surface area contributed by atoms with Crippen LogP contribution in [0, 0.1) is 11.3 Å². The van der Waals surface area contributed by atoms with Crippen LogP contribution in [0.25, 0.3) is 11.1 Å². The molecule has 0 fully saturated rings. The monoisotopic (exact) mass is 235 g/mol. The van der Waals surface area contributed by atoms with Crippen molar-refractivity contribution >= 4 is 0 Å². The van der Waals surface area contributed by atoms with Crippen LogP contribution >= 0.6 is 0 Å². The highest BCUT2D eigenvalue weighted by Gasteiger charge is 2.03. The van der Waals surface area contributed by atoms with Gasteiger partial charge in [-0.2, -0.15) is 5.26 Å². The van der Waals surface area contributed by atoms with Crippen LogP contribution in [-0.2, 0) is 6.42 Å². The number of rotatable bonds is 3. The Kier molecular flexibility index (Phi) is 3.45. The topological polar surface area (TPSA) is 44.0 Å². The summed E-state index contributed by atoms with van der Waals surface area (Å²) in [6.07, 6.45) is 2.40. The van der Waals surface area contributed by atoms with Gasteiger partial charge in [-0.05, 0) is 47.4 Å². The number of hydrogen-bond acceptors (Lipinski definition) is 2. The fraction of sp³-hybridized carbons (Fsp3) is 0.0625. The average molecular weight is 235 g/mol. The molecule has 0 aromatic heterocycles. The number of hydrogen-bond donors (Lipinski definition) is 1. The van der Waals surface area contributed by atoms with E-state index >= 15 is 0 Å². The third-order valence-corrected chi connectivity index (χ3v) is 2.79. The standard InChI is InChI=1S/C16H13NO/c1-2-3-15-10-14(8-9-16(15)18)13-6-4-12(11-17)5-7-13/h2,4-10,18H,1,3H2. The lowest BCUT2D eigenvalue weighted by molar-refractivity contribution is 0.470. The van der Waals surface area contributed by atoms with E-state index in [1.165, 1.54) is 0 Å². The van der Waals surface area contributed by atoms with E-state index in [9.17, 15) is 5.11 Å². The van der Waals surface area contributed by atoms with Gasteiger partial charge in [0, 0.05) is 0 Å². The zero-order valence-corrected chi connectivity index (χ0v) is 9.93. The number of phenols is 1. The molecule has 2 rings (SSSR count). The molecular formula is C16H13NO. The Morgan fingerprint density at radius 2 is 1.78 bits per heavy atom. The molecule has 1 N–H and O–H groups in total. The molecule has 88 valence electrons. The smallest absolute Gasteiger partial charge is 0.119 e. The second kappa shape index (κ2) is 5.20. The molecule has 0 amide bonds. The molecule has 0 unspecified atom stereocenters. The molecule has 18 heavy (non-hydrogen) atoms. The SMILES string of the molecule is C=CCc1cc(-c2ccc(C#N)cc2)ccc1O. The van der Waals surface area contributed by atoms with Crippen molar-refractivity contribution in [2.24, 2.45) is 0 Å². The molecular weight excluding hydrogens is 222 g/mol. The summed E-state index contributed by atoms with van der Waals surface area (Å²) in [7, 11) is 0. The number of phenolic OH excluding ortho intramolecular Hbond substituents is 1. The Hall–Kier alpha value is -2.53. The maximum Gasteiger partial charge on any atom is 0.119 e. The second-order valence-electron chi connectivity index (χ2n) is 4.03. The van der Waals surface area contributed by atoms with Crippen molar-refractivity contribution in [3.8, 4) is 22.9 Å². The van der Waals surface area contributed by atoms with Crippen molar-refractivity contribution in [2.75, 3.05) is 0 Å². The summed E-state index contributed by atoms with van der Waals surface area (Å²) in [6, 6.07) is 15.0. The Morgan fingerprint density at radius 1 is 1.11 bits per heavy atom. The first-order valence-electron chi connectivity index (χ1n) is 5.68. The van der Waals surface area contributed by atoms with Gasteiger partial charge in [0.1, 0.15) is 5.75 Å². The summed E-state index contributed by atoms with van der Waals surface area (Å²) >= 11 is 0. The predicted molar refractivity (Wildman–Crippen MR) is 72.2 cm³/mol. The molecule has 0 bridgehead atoms. The summed E-state index contributed by atoms with van der Waals surface area (Å²) in [5.41, 5.74) is 3.55. The van der Waals surface area contributed by atoms with Crippen LogP contribution in [0.15, 0.2) is 55.1 Å². The molecule has 0 saturated carbocycles. The van der Waals surface area contributed by atoms with E-state index in [-0.39, 0.29) is 5.75 Å². The maximum absolute atomic E-state index is 9.70. The molecule has 0 spiro atoms. The van der Waals surface area contributed by atoms with Gasteiger partial charge in [-0.15, -0.1) is 6.58 Å². The predicted octanol–water partition coefficient (Wildman–Crippen LogP) is 3.66. The Bertz CT molecular complexity index is 606. The number of nitriles is 1.